The normalized spacial score (nSPS) is 15.5. The molecule has 0 aliphatic rings. The molecular weight excluding hydrogens is 1470 g/mol. The number of aliphatic hydroxyl groups is 5. The summed E-state index contributed by atoms with van der Waals surface area (Å²) in [5.74, 6) is -21.7. The van der Waals surface area contributed by atoms with E-state index in [1.54, 1.807) is 13.8 Å². The number of carboxylic acid groups (broad SMARTS) is 2. The molecule has 0 spiro atoms. The number of carboxylic acids is 2. The molecule has 2 aromatic rings. The van der Waals surface area contributed by atoms with Gasteiger partial charge >= 0.3 is 11.9 Å². The molecule has 16 atom stereocenters. The van der Waals surface area contributed by atoms with Crippen LogP contribution in [0.1, 0.15) is 105 Å². The van der Waals surface area contributed by atoms with E-state index in [2.05, 4.69) is 63.8 Å². The van der Waals surface area contributed by atoms with Crippen LogP contribution in [-0.2, 0) is 94.3 Å². The molecule has 29 N–H and O–H groups in total. The molecule has 43 heteroatoms. The van der Waals surface area contributed by atoms with E-state index in [0.29, 0.717) is 18.4 Å². The maximum absolute atomic E-state index is 14.4. The van der Waals surface area contributed by atoms with Crippen molar-refractivity contribution in [2.75, 3.05) is 32.9 Å². The second-order valence-electron chi connectivity index (χ2n) is 26.8. The first kappa shape index (κ1) is 95.8. The third kappa shape index (κ3) is 34.1. The number of nitrogens with one attached hydrogen (secondary N) is 14. The zero-order chi connectivity index (χ0) is 84.3. The molecule has 0 aliphatic carbocycles. The molecule has 0 unspecified atom stereocenters. The van der Waals surface area contributed by atoms with E-state index in [-0.39, 0.29) is 42.9 Å². The minimum atomic E-state index is -1.99. The van der Waals surface area contributed by atoms with Crippen LogP contribution in [0.15, 0.2) is 48.5 Å². The first-order valence-electron chi connectivity index (χ1n) is 35.1. The van der Waals surface area contributed by atoms with E-state index >= 15 is 0 Å². The van der Waals surface area contributed by atoms with E-state index in [1.165, 1.54) is 69.3 Å². The Bertz CT molecular complexity index is 3550. The molecule has 0 fully saturated rings. The van der Waals surface area contributed by atoms with Crippen molar-refractivity contribution in [3.8, 4) is 11.5 Å². The highest BCUT2D eigenvalue weighted by molar-refractivity contribution is 6.01. The van der Waals surface area contributed by atoms with Gasteiger partial charge < -0.3 is 138 Å². The number of amides is 15. The van der Waals surface area contributed by atoms with E-state index in [4.69, 9.17) is 22.3 Å². The molecule has 2 rings (SSSR count). The Kier molecular flexibility index (Phi) is 41.1. The zero-order valence-electron chi connectivity index (χ0n) is 62.4. The molecule has 0 bridgehead atoms. The van der Waals surface area contributed by atoms with Gasteiger partial charge in [0.1, 0.15) is 90.0 Å². The zero-order valence-corrected chi connectivity index (χ0v) is 62.4. The smallest absolute Gasteiger partial charge is 0.326 e. The van der Waals surface area contributed by atoms with Gasteiger partial charge in [0.2, 0.25) is 88.6 Å². The minimum absolute atomic E-state index is 0.0610. The van der Waals surface area contributed by atoms with Crippen LogP contribution in [0.4, 0.5) is 0 Å². The standard InChI is InChI=1S/C68H105N17O26/c1-30(2)21-42(61(103)84-54(35(8)90)67(109)82-48(29-88)64(106)81-47(28-87)63(105)80-46(27-86)62(104)76-41(68(110)111)11-9-10-20-69)78-59(101)43(22-36-12-16-38(91)17-13-36)75-50(94)26-72-58(100)45(25-49(71)93)79-60(102)44(23-37-14-18-39(92)19-15-37)77-55(97)32(5)74-66(108)53(34(7)89)85-65(107)52(31(3)4)83-56(98)33(6)73-57(99)40(70)24-51(95)96/h12-19,30-35,40-48,52-54,86-92H,9-11,20-29,69-70H2,1-8H3,(H2,71,93)(H,72,100)(H,73,99)(H,74,108)(H,75,94)(H,76,104)(H,77,97)(H,78,101)(H,79,102)(H,80,105)(H,81,106)(H,82,109)(H,83,98)(H,84,103)(H,85,107)(H,95,96)(H,110,111)/t32-,33-,34+,35+,40-,41-,42-,43-,44-,45-,46-,47-,48-,52-,53-,54-/m0/s1. The number of nitrogens with two attached hydrogens (primary N) is 3. The van der Waals surface area contributed by atoms with Gasteiger partial charge in [0.25, 0.3) is 0 Å². The number of hydrogen-bond donors (Lipinski definition) is 26. The molecule has 0 saturated heterocycles. The Morgan fingerprint density at radius 1 is 0.396 bits per heavy atom. The SMILES string of the molecule is CC(C)C[C@H](NC(=O)[C@H](Cc1ccc(O)cc1)NC(=O)CNC(=O)[C@H](CC(N)=O)NC(=O)[C@H](Cc1ccc(O)cc1)NC(=O)[C@H](C)NC(=O)[C@@H](NC(=O)[C@@H](NC(=O)[C@H](C)NC(=O)[C@@H](N)CC(=O)O)C(C)C)[C@@H](C)O)C(=O)N[C@H](C(=O)N[C@@H](CO)C(=O)N[C@@H](CO)C(=O)N[C@@H](CO)C(=O)N[C@@H](CCCCN)C(=O)O)[C@@H](C)O. The van der Waals surface area contributed by atoms with E-state index in [1.807, 2.05) is 10.6 Å². The summed E-state index contributed by atoms with van der Waals surface area (Å²) in [6.45, 7) is 6.51. The average molecular weight is 1580 g/mol. The maximum Gasteiger partial charge on any atom is 0.326 e. The van der Waals surface area contributed by atoms with Gasteiger partial charge in [-0.1, -0.05) is 52.0 Å². The summed E-state index contributed by atoms with van der Waals surface area (Å²) in [7, 11) is 0. The lowest BCUT2D eigenvalue weighted by Gasteiger charge is -2.28. The number of hydrogen-bond acceptors (Lipinski definition) is 26. The lowest BCUT2D eigenvalue weighted by atomic mass is 10.00. The molecule has 0 heterocycles. The third-order valence-electron chi connectivity index (χ3n) is 16.5. The molecule has 0 saturated carbocycles. The van der Waals surface area contributed by atoms with Crippen molar-refractivity contribution in [3.63, 3.8) is 0 Å². The molecule has 618 valence electrons. The number of aliphatic carboxylic acids is 2. The van der Waals surface area contributed by atoms with Crippen molar-refractivity contribution < 1.29 is 127 Å². The van der Waals surface area contributed by atoms with Gasteiger partial charge in [0.15, 0.2) is 0 Å². The van der Waals surface area contributed by atoms with Crippen molar-refractivity contribution in [2.45, 2.75) is 204 Å². The minimum Gasteiger partial charge on any atom is -0.508 e. The van der Waals surface area contributed by atoms with Crippen LogP contribution in [0.2, 0.25) is 0 Å². The van der Waals surface area contributed by atoms with Gasteiger partial charge in [0.05, 0.1) is 57.5 Å². The fourth-order valence-electron chi connectivity index (χ4n) is 10.2. The molecule has 0 aliphatic heterocycles. The van der Waals surface area contributed by atoms with Crippen molar-refractivity contribution >= 4 is 101 Å². The van der Waals surface area contributed by atoms with Crippen LogP contribution in [0, 0.1) is 11.8 Å². The van der Waals surface area contributed by atoms with Crippen LogP contribution >= 0.6 is 0 Å². The number of aromatic hydroxyl groups is 2. The number of aliphatic hydroxyl groups excluding tert-OH is 5. The Balaban J connectivity index is 2.37. The highest BCUT2D eigenvalue weighted by Gasteiger charge is 2.39. The highest BCUT2D eigenvalue weighted by Crippen LogP contribution is 2.16. The summed E-state index contributed by atoms with van der Waals surface area (Å²) in [5, 5.41) is 122. The molecular formula is C68H105N17O26. The Hall–Kier alpha value is -11.2. The van der Waals surface area contributed by atoms with Crippen molar-refractivity contribution in [1.29, 1.82) is 0 Å². The number of carbonyl (C=O) groups is 17. The predicted molar refractivity (Wildman–Crippen MR) is 387 cm³/mol. The summed E-state index contributed by atoms with van der Waals surface area (Å²) in [6.07, 6.45) is -5.53. The topological polar surface area (TPSA) is 719 Å². The van der Waals surface area contributed by atoms with E-state index < -0.39 is 255 Å². The van der Waals surface area contributed by atoms with Crippen LogP contribution in [0.3, 0.4) is 0 Å². The molecule has 2 aromatic carbocycles. The van der Waals surface area contributed by atoms with Gasteiger partial charge in [-0.2, -0.15) is 0 Å². The van der Waals surface area contributed by atoms with E-state index in [9.17, 15) is 122 Å². The number of phenolic OH excluding ortho intramolecular Hbond substituents is 2. The fourth-order valence-corrected chi connectivity index (χ4v) is 10.2. The van der Waals surface area contributed by atoms with Gasteiger partial charge in [-0.25, -0.2) is 4.79 Å². The Morgan fingerprint density at radius 2 is 0.757 bits per heavy atom. The van der Waals surface area contributed by atoms with Crippen LogP contribution in [0.25, 0.3) is 0 Å². The molecule has 15 amide bonds. The Labute approximate surface area is 637 Å². The number of phenols is 2. The number of unbranched alkanes of at least 4 members (excludes halogenated alkanes) is 1. The summed E-state index contributed by atoms with van der Waals surface area (Å²) in [4.78, 5) is 226. The predicted octanol–water partition coefficient (Wildman–Crippen LogP) is -10.3. The quantitative estimate of drug-likeness (QED) is 0.0274. The summed E-state index contributed by atoms with van der Waals surface area (Å²) in [5.41, 5.74) is 17.1. The highest BCUT2D eigenvalue weighted by atomic mass is 16.4. The largest absolute Gasteiger partial charge is 0.508 e. The van der Waals surface area contributed by atoms with Gasteiger partial charge in [-0.15, -0.1) is 0 Å². The third-order valence-corrected chi connectivity index (χ3v) is 16.5. The number of primary amides is 1. The first-order chi connectivity index (χ1) is 52.0. The first-order valence-corrected chi connectivity index (χ1v) is 35.1. The van der Waals surface area contributed by atoms with Crippen LogP contribution in [0.5, 0.6) is 11.5 Å². The van der Waals surface area contributed by atoms with Crippen LogP contribution < -0.4 is 91.6 Å². The average Bonchev–Trinajstić information content (AvgIpc) is 0.855. The number of carbonyl (C=O) groups excluding carboxylic acids is 15. The van der Waals surface area contributed by atoms with Crippen molar-refractivity contribution in [3.05, 3.63) is 59.7 Å². The molecule has 43 nitrogen and oxygen atoms in total. The van der Waals surface area contributed by atoms with Gasteiger partial charge in [-0.3, -0.25) is 76.7 Å². The van der Waals surface area contributed by atoms with Gasteiger partial charge in [-0.05, 0) is 107 Å². The molecule has 111 heavy (non-hydrogen) atoms. The van der Waals surface area contributed by atoms with Gasteiger partial charge in [0, 0.05) is 12.8 Å². The summed E-state index contributed by atoms with van der Waals surface area (Å²) in [6, 6.07) is -13.4. The van der Waals surface area contributed by atoms with Crippen molar-refractivity contribution in [2.24, 2.45) is 29.0 Å². The summed E-state index contributed by atoms with van der Waals surface area (Å²) < 4.78 is 0. The second kappa shape index (κ2) is 47.6. The maximum atomic E-state index is 14.4. The Morgan fingerprint density at radius 3 is 1.17 bits per heavy atom. The molecule has 0 radical (unpaired) electrons. The summed E-state index contributed by atoms with van der Waals surface area (Å²) >= 11 is 0. The molecule has 0 aromatic heterocycles. The lowest BCUT2D eigenvalue weighted by molar-refractivity contribution is -0.143. The monoisotopic (exact) mass is 1580 g/mol. The lowest BCUT2D eigenvalue weighted by Crippen LogP contribution is -2.63. The second-order valence-corrected chi connectivity index (χ2v) is 26.8. The fraction of sp³-hybridized carbons (Fsp3) is 0.574. The van der Waals surface area contributed by atoms with Crippen LogP contribution in [-0.4, -0.2) is 276 Å². The number of benzene rings is 2. The van der Waals surface area contributed by atoms with Crippen molar-refractivity contribution in [1.82, 2.24) is 74.4 Å². The van der Waals surface area contributed by atoms with E-state index in [0.717, 1.165) is 20.8 Å². The number of rotatable bonds is 49.